The lowest BCUT2D eigenvalue weighted by molar-refractivity contribution is -0.128. The van der Waals surface area contributed by atoms with E-state index in [9.17, 15) is 9.90 Å². The third kappa shape index (κ3) is 3.76. The number of hydrogen-bond donors (Lipinski definition) is 2. The molecule has 116 valence electrons. The molecule has 1 amide bonds. The molecule has 1 aliphatic carbocycles. The fourth-order valence-corrected chi connectivity index (χ4v) is 2.56. The Hall–Kier alpha value is -1.55. The van der Waals surface area contributed by atoms with Gasteiger partial charge in [-0.05, 0) is 50.8 Å². The van der Waals surface area contributed by atoms with Crippen LogP contribution >= 0.6 is 0 Å². The smallest absolute Gasteiger partial charge is 0.260 e. The molecule has 0 heterocycles. The molecule has 1 aliphatic rings. The highest BCUT2D eigenvalue weighted by Gasteiger charge is 2.36. The van der Waals surface area contributed by atoms with Gasteiger partial charge in [-0.2, -0.15) is 0 Å². The number of rotatable bonds is 6. The molecular weight excluding hydrogens is 266 g/mol. The van der Waals surface area contributed by atoms with Crippen LogP contribution < -0.4 is 10.1 Å². The van der Waals surface area contributed by atoms with Crippen molar-refractivity contribution in [1.29, 1.82) is 0 Å². The van der Waals surface area contributed by atoms with Crippen LogP contribution in [0, 0.1) is 19.3 Å². The van der Waals surface area contributed by atoms with Crippen molar-refractivity contribution in [2.75, 3.05) is 13.2 Å². The maximum absolute atomic E-state index is 12.1. The normalized spacial score (nSPS) is 17.7. The van der Waals surface area contributed by atoms with Crippen molar-refractivity contribution in [1.82, 2.24) is 5.32 Å². The van der Waals surface area contributed by atoms with Crippen LogP contribution in [0.3, 0.4) is 0 Å². The van der Waals surface area contributed by atoms with E-state index in [1.54, 1.807) is 6.92 Å². The molecule has 1 saturated carbocycles. The molecule has 4 heteroatoms. The standard InChI is InChI=1S/C17H25NO3/c1-12-5-6-13(2)15(9-12)21-14(3)16(20)18-10-17(11-19)7-4-8-17/h5-6,9,14,19H,4,7-8,10-11H2,1-3H3,(H,18,20). The molecule has 0 bridgehead atoms. The van der Waals surface area contributed by atoms with Crippen LogP contribution in [0.4, 0.5) is 0 Å². The van der Waals surface area contributed by atoms with Gasteiger partial charge in [-0.25, -0.2) is 0 Å². The van der Waals surface area contributed by atoms with Gasteiger partial charge in [-0.3, -0.25) is 4.79 Å². The van der Waals surface area contributed by atoms with Crippen molar-refractivity contribution in [2.24, 2.45) is 5.41 Å². The average Bonchev–Trinajstić information content (AvgIpc) is 2.42. The van der Waals surface area contributed by atoms with Crippen molar-refractivity contribution < 1.29 is 14.6 Å². The molecule has 2 N–H and O–H groups in total. The minimum atomic E-state index is -0.540. The molecule has 1 unspecified atom stereocenters. The molecule has 0 aliphatic heterocycles. The summed E-state index contributed by atoms with van der Waals surface area (Å²) in [4.78, 5) is 12.1. The summed E-state index contributed by atoms with van der Waals surface area (Å²) >= 11 is 0. The van der Waals surface area contributed by atoms with Crippen LogP contribution in [0.2, 0.25) is 0 Å². The van der Waals surface area contributed by atoms with Crippen LogP contribution in [-0.4, -0.2) is 30.3 Å². The predicted octanol–water partition coefficient (Wildman–Crippen LogP) is 2.35. The number of carbonyl (C=O) groups excluding carboxylic acids is 1. The molecule has 0 saturated heterocycles. The molecule has 0 radical (unpaired) electrons. The SMILES string of the molecule is Cc1ccc(C)c(OC(C)C(=O)NCC2(CO)CCC2)c1. The van der Waals surface area contributed by atoms with Gasteiger partial charge in [-0.1, -0.05) is 18.6 Å². The fraction of sp³-hybridized carbons (Fsp3) is 0.588. The van der Waals surface area contributed by atoms with Crippen molar-refractivity contribution >= 4 is 5.91 Å². The second kappa shape index (κ2) is 6.48. The number of aryl methyl sites for hydroxylation is 2. The maximum atomic E-state index is 12.1. The monoisotopic (exact) mass is 291 g/mol. The van der Waals surface area contributed by atoms with E-state index in [4.69, 9.17) is 4.74 Å². The van der Waals surface area contributed by atoms with E-state index in [2.05, 4.69) is 5.32 Å². The second-order valence-electron chi connectivity index (χ2n) is 6.26. The summed E-state index contributed by atoms with van der Waals surface area (Å²) in [6, 6.07) is 5.96. The summed E-state index contributed by atoms with van der Waals surface area (Å²) < 4.78 is 5.76. The third-order valence-electron chi connectivity index (χ3n) is 4.40. The quantitative estimate of drug-likeness (QED) is 0.846. The average molecular weight is 291 g/mol. The van der Waals surface area contributed by atoms with E-state index in [1.165, 1.54) is 0 Å². The molecule has 4 nitrogen and oxygen atoms in total. The van der Waals surface area contributed by atoms with Gasteiger partial charge in [0.1, 0.15) is 5.75 Å². The van der Waals surface area contributed by atoms with Crippen LogP contribution in [0.5, 0.6) is 5.75 Å². The molecule has 2 rings (SSSR count). The fourth-order valence-electron chi connectivity index (χ4n) is 2.56. The number of nitrogens with one attached hydrogen (secondary N) is 1. The zero-order valence-electron chi connectivity index (χ0n) is 13.1. The van der Waals surface area contributed by atoms with Crippen molar-refractivity contribution in [3.05, 3.63) is 29.3 Å². The highest BCUT2D eigenvalue weighted by atomic mass is 16.5. The first-order valence-corrected chi connectivity index (χ1v) is 7.58. The van der Waals surface area contributed by atoms with Crippen molar-refractivity contribution in [2.45, 2.75) is 46.1 Å². The number of aliphatic hydroxyl groups is 1. The summed E-state index contributed by atoms with van der Waals surface area (Å²) in [5.74, 6) is 0.619. The van der Waals surface area contributed by atoms with Gasteiger partial charge in [0.15, 0.2) is 6.10 Å². The minimum absolute atomic E-state index is 0.103. The van der Waals surface area contributed by atoms with Crippen molar-refractivity contribution in [3.8, 4) is 5.75 Å². The topological polar surface area (TPSA) is 58.6 Å². The summed E-state index contributed by atoms with van der Waals surface area (Å²) in [5.41, 5.74) is 2.03. The molecule has 21 heavy (non-hydrogen) atoms. The Morgan fingerprint density at radius 2 is 2.14 bits per heavy atom. The first-order chi connectivity index (χ1) is 9.96. The number of amides is 1. The molecule has 1 atom stereocenters. The van der Waals surface area contributed by atoms with Gasteiger partial charge in [-0.15, -0.1) is 0 Å². The third-order valence-corrected chi connectivity index (χ3v) is 4.40. The summed E-state index contributed by atoms with van der Waals surface area (Å²) in [6.07, 6.45) is 2.55. The number of aliphatic hydroxyl groups excluding tert-OH is 1. The number of benzene rings is 1. The van der Waals surface area contributed by atoms with E-state index in [0.717, 1.165) is 36.1 Å². The summed E-state index contributed by atoms with van der Waals surface area (Å²) in [6.45, 7) is 6.39. The highest BCUT2D eigenvalue weighted by molar-refractivity contribution is 5.80. The molecule has 1 fully saturated rings. The van der Waals surface area contributed by atoms with E-state index < -0.39 is 6.10 Å². The van der Waals surface area contributed by atoms with Gasteiger partial charge in [0.25, 0.3) is 5.91 Å². The summed E-state index contributed by atoms with van der Waals surface area (Å²) in [7, 11) is 0. The Morgan fingerprint density at radius 1 is 1.43 bits per heavy atom. The van der Waals surface area contributed by atoms with Crippen LogP contribution in [0.1, 0.15) is 37.3 Å². The number of ether oxygens (including phenoxy) is 1. The lowest BCUT2D eigenvalue weighted by Gasteiger charge is -2.40. The minimum Gasteiger partial charge on any atom is -0.481 e. The van der Waals surface area contributed by atoms with E-state index >= 15 is 0 Å². The Morgan fingerprint density at radius 3 is 2.71 bits per heavy atom. The zero-order chi connectivity index (χ0) is 15.5. The molecule has 1 aromatic carbocycles. The molecule has 1 aromatic rings. The first kappa shape index (κ1) is 15.8. The number of carbonyl (C=O) groups is 1. The number of hydrogen-bond acceptors (Lipinski definition) is 3. The van der Waals surface area contributed by atoms with Gasteiger partial charge in [0.2, 0.25) is 0 Å². The lowest BCUT2D eigenvalue weighted by atomic mass is 9.69. The molecule has 0 aromatic heterocycles. The Balaban J connectivity index is 1.89. The largest absolute Gasteiger partial charge is 0.481 e. The Kier molecular flexibility index (Phi) is 4.88. The predicted molar refractivity (Wildman–Crippen MR) is 82.4 cm³/mol. The van der Waals surface area contributed by atoms with Crippen molar-refractivity contribution in [3.63, 3.8) is 0 Å². The van der Waals surface area contributed by atoms with E-state index in [0.29, 0.717) is 6.54 Å². The lowest BCUT2D eigenvalue weighted by Crippen LogP contribution is -2.47. The zero-order valence-corrected chi connectivity index (χ0v) is 13.1. The van der Waals surface area contributed by atoms with E-state index in [1.807, 2.05) is 32.0 Å². The van der Waals surface area contributed by atoms with Crippen LogP contribution in [0.15, 0.2) is 18.2 Å². The second-order valence-corrected chi connectivity index (χ2v) is 6.26. The Labute approximate surface area is 126 Å². The van der Waals surface area contributed by atoms with Gasteiger partial charge >= 0.3 is 0 Å². The van der Waals surface area contributed by atoms with Crippen LogP contribution in [-0.2, 0) is 4.79 Å². The summed E-state index contributed by atoms with van der Waals surface area (Å²) in [5, 5.41) is 12.3. The Bertz CT molecular complexity index is 503. The van der Waals surface area contributed by atoms with Gasteiger partial charge in [0.05, 0.1) is 6.61 Å². The molecular formula is C17H25NO3. The van der Waals surface area contributed by atoms with Crippen LogP contribution in [0.25, 0.3) is 0 Å². The van der Waals surface area contributed by atoms with E-state index in [-0.39, 0.29) is 17.9 Å². The van der Waals surface area contributed by atoms with Gasteiger partial charge in [0, 0.05) is 12.0 Å². The highest BCUT2D eigenvalue weighted by Crippen LogP contribution is 2.39. The molecule has 0 spiro atoms. The first-order valence-electron chi connectivity index (χ1n) is 7.58. The maximum Gasteiger partial charge on any atom is 0.260 e. The van der Waals surface area contributed by atoms with Gasteiger partial charge < -0.3 is 15.2 Å².